The van der Waals surface area contributed by atoms with Crippen LogP contribution in [0, 0.1) is 0 Å². The summed E-state index contributed by atoms with van der Waals surface area (Å²) in [5.41, 5.74) is 2.10. The number of anilines is 1. The van der Waals surface area contributed by atoms with Gasteiger partial charge in [0.25, 0.3) is 11.8 Å². The number of carbonyl (C=O) groups is 2. The van der Waals surface area contributed by atoms with E-state index in [9.17, 15) is 9.59 Å². The zero-order valence-corrected chi connectivity index (χ0v) is 21.5. The van der Waals surface area contributed by atoms with Gasteiger partial charge in [0.05, 0.1) is 16.1 Å². The highest BCUT2D eigenvalue weighted by atomic mass is 35.5. The van der Waals surface area contributed by atoms with Crippen LogP contribution in [-0.4, -0.2) is 28.6 Å². The van der Waals surface area contributed by atoms with E-state index < -0.39 is 0 Å². The molecule has 0 aliphatic heterocycles. The Bertz CT molecular complexity index is 1330. The van der Waals surface area contributed by atoms with Crippen LogP contribution in [0.4, 0.5) is 5.13 Å². The minimum Gasteiger partial charge on any atom is -0.352 e. The summed E-state index contributed by atoms with van der Waals surface area (Å²) in [6.07, 6.45) is 0.483. The molecular formula is C25H20Cl2N4O2S2. The summed E-state index contributed by atoms with van der Waals surface area (Å²) in [6.45, 7) is 0.372. The number of nitrogens with zero attached hydrogens (tertiary/aromatic N) is 2. The Balaban J connectivity index is 1.31. The highest BCUT2D eigenvalue weighted by Gasteiger charge is 2.15. The molecule has 0 fully saturated rings. The number of nitrogens with one attached hydrogen (secondary N) is 2. The number of rotatable bonds is 9. The third kappa shape index (κ3) is 7.05. The van der Waals surface area contributed by atoms with Gasteiger partial charge in [-0.05, 0) is 42.0 Å². The summed E-state index contributed by atoms with van der Waals surface area (Å²) < 4.78 is 0. The molecule has 0 saturated heterocycles. The van der Waals surface area contributed by atoms with Crippen LogP contribution in [0.3, 0.4) is 0 Å². The maximum absolute atomic E-state index is 12.9. The van der Waals surface area contributed by atoms with Crippen molar-refractivity contribution in [1.29, 1.82) is 0 Å². The Morgan fingerprint density at radius 1 is 0.857 bits per heavy atom. The fourth-order valence-electron chi connectivity index (χ4n) is 3.11. The lowest BCUT2D eigenvalue weighted by atomic mass is 10.2. The number of hydrogen-bond donors (Lipinski definition) is 2. The van der Waals surface area contributed by atoms with Crippen LogP contribution in [0.25, 0.3) is 0 Å². The molecule has 1 heterocycles. The summed E-state index contributed by atoms with van der Waals surface area (Å²) in [5.74, 6) is 0.213. The van der Waals surface area contributed by atoms with Gasteiger partial charge in [-0.2, -0.15) is 0 Å². The molecular weight excluding hydrogens is 523 g/mol. The molecule has 0 aliphatic carbocycles. The Morgan fingerprint density at radius 3 is 2.34 bits per heavy atom. The Kier molecular flexibility index (Phi) is 8.76. The number of carbonyl (C=O) groups excluding carboxylic acids is 2. The largest absolute Gasteiger partial charge is 0.352 e. The maximum Gasteiger partial charge on any atom is 0.258 e. The van der Waals surface area contributed by atoms with E-state index in [0.29, 0.717) is 50.0 Å². The molecule has 0 atom stereocenters. The van der Waals surface area contributed by atoms with Crippen molar-refractivity contribution in [3.05, 3.63) is 105 Å². The molecule has 0 aliphatic rings. The number of benzene rings is 3. The molecule has 0 bridgehead atoms. The molecule has 2 amide bonds. The number of aromatic nitrogens is 2. The molecule has 3 aromatic carbocycles. The molecule has 0 saturated carbocycles. The predicted octanol–water partition coefficient (Wildman–Crippen LogP) is 6.36. The first-order valence-electron chi connectivity index (χ1n) is 10.6. The molecule has 4 rings (SSSR count). The number of thioether (sulfide) groups is 1. The van der Waals surface area contributed by atoms with E-state index >= 15 is 0 Å². The van der Waals surface area contributed by atoms with Gasteiger partial charge in [0.1, 0.15) is 5.01 Å². The zero-order valence-electron chi connectivity index (χ0n) is 18.3. The third-order valence-electron chi connectivity index (χ3n) is 4.87. The van der Waals surface area contributed by atoms with Crippen LogP contribution in [0.15, 0.2) is 77.7 Å². The fraction of sp³-hybridized carbons (Fsp3) is 0.120. The van der Waals surface area contributed by atoms with E-state index in [4.69, 9.17) is 23.2 Å². The van der Waals surface area contributed by atoms with Gasteiger partial charge in [-0.25, -0.2) is 0 Å². The van der Waals surface area contributed by atoms with Gasteiger partial charge in [-0.15, -0.1) is 22.0 Å². The molecule has 0 unspecified atom stereocenters. The first kappa shape index (κ1) is 25.2. The molecule has 0 radical (unpaired) electrons. The van der Waals surface area contributed by atoms with Crippen molar-refractivity contribution in [2.45, 2.75) is 17.1 Å². The topological polar surface area (TPSA) is 84.0 Å². The smallest absolute Gasteiger partial charge is 0.258 e. The first-order chi connectivity index (χ1) is 17.0. The zero-order chi connectivity index (χ0) is 24.6. The number of hydrogen-bond acceptors (Lipinski definition) is 6. The summed E-state index contributed by atoms with van der Waals surface area (Å²) in [4.78, 5) is 26.0. The molecule has 10 heteroatoms. The quantitative estimate of drug-likeness (QED) is 0.240. The van der Waals surface area contributed by atoms with Crippen molar-refractivity contribution in [1.82, 2.24) is 15.5 Å². The lowest BCUT2D eigenvalue weighted by Gasteiger charge is -2.08. The van der Waals surface area contributed by atoms with Crippen LogP contribution < -0.4 is 10.6 Å². The second-order valence-electron chi connectivity index (χ2n) is 7.35. The van der Waals surface area contributed by atoms with Crippen LogP contribution in [0.5, 0.6) is 0 Å². The molecule has 178 valence electrons. The van der Waals surface area contributed by atoms with Crippen LogP contribution in [0.2, 0.25) is 10.0 Å². The van der Waals surface area contributed by atoms with Gasteiger partial charge in [0, 0.05) is 28.6 Å². The minimum absolute atomic E-state index is 0.249. The summed E-state index contributed by atoms with van der Waals surface area (Å²) >= 11 is 14.9. The van der Waals surface area contributed by atoms with Gasteiger partial charge in [-0.3, -0.25) is 14.9 Å². The normalized spacial score (nSPS) is 10.7. The molecule has 35 heavy (non-hydrogen) atoms. The van der Waals surface area contributed by atoms with Crippen molar-refractivity contribution < 1.29 is 9.59 Å². The summed E-state index contributed by atoms with van der Waals surface area (Å²) in [6, 6.07) is 21.9. The van der Waals surface area contributed by atoms with Gasteiger partial charge in [-0.1, -0.05) is 70.9 Å². The van der Waals surface area contributed by atoms with Crippen molar-refractivity contribution in [3.8, 4) is 0 Å². The summed E-state index contributed by atoms with van der Waals surface area (Å²) in [5, 5.41) is 16.0. The Hall–Kier alpha value is -2.91. The van der Waals surface area contributed by atoms with E-state index in [-0.39, 0.29) is 11.8 Å². The van der Waals surface area contributed by atoms with E-state index in [1.54, 1.807) is 42.1 Å². The van der Waals surface area contributed by atoms with Crippen LogP contribution >= 0.6 is 46.3 Å². The lowest BCUT2D eigenvalue weighted by Crippen LogP contribution is -2.25. The lowest BCUT2D eigenvalue weighted by molar-refractivity contribution is 0.0953. The minimum atomic E-state index is -0.251. The van der Waals surface area contributed by atoms with E-state index in [1.807, 2.05) is 42.5 Å². The molecule has 0 spiro atoms. The highest BCUT2D eigenvalue weighted by molar-refractivity contribution is 7.98. The molecule has 6 nitrogen and oxygen atoms in total. The molecule has 4 aromatic rings. The summed E-state index contributed by atoms with van der Waals surface area (Å²) in [7, 11) is 0. The third-order valence-corrected chi connectivity index (χ3v) is 7.49. The SMILES string of the molecule is O=C(NCCc1nnc(NC(=O)c2ccccc2SCc2ccc(Cl)cc2)s1)c1ccccc1Cl. The second kappa shape index (κ2) is 12.2. The van der Waals surface area contributed by atoms with Gasteiger partial charge < -0.3 is 5.32 Å². The van der Waals surface area contributed by atoms with Crippen LogP contribution in [0.1, 0.15) is 31.3 Å². The van der Waals surface area contributed by atoms with Crippen molar-refractivity contribution in [2.24, 2.45) is 0 Å². The Labute approximate surface area is 221 Å². The Morgan fingerprint density at radius 2 is 1.57 bits per heavy atom. The average molecular weight is 544 g/mol. The maximum atomic E-state index is 12.9. The van der Waals surface area contributed by atoms with Gasteiger partial charge in [0.2, 0.25) is 5.13 Å². The highest BCUT2D eigenvalue weighted by Crippen LogP contribution is 2.28. The van der Waals surface area contributed by atoms with Crippen molar-refractivity contribution in [3.63, 3.8) is 0 Å². The number of amides is 2. The van der Waals surface area contributed by atoms with Crippen molar-refractivity contribution >= 4 is 63.2 Å². The second-order valence-corrected chi connectivity index (χ2v) is 10.3. The fourth-order valence-corrected chi connectivity index (χ4v) is 5.20. The van der Waals surface area contributed by atoms with Gasteiger partial charge in [0.15, 0.2) is 0 Å². The van der Waals surface area contributed by atoms with Crippen molar-refractivity contribution in [2.75, 3.05) is 11.9 Å². The average Bonchev–Trinajstić information content (AvgIpc) is 3.31. The van der Waals surface area contributed by atoms with E-state index in [0.717, 1.165) is 10.5 Å². The monoisotopic (exact) mass is 542 g/mol. The van der Waals surface area contributed by atoms with Crippen LogP contribution in [-0.2, 0) is 12.2 Å². The standard InChI is InChI=1S/C25H20Cl2N4O2S2/c26-17-11-9-16(10-12-17)15-34-21-8-4-2-6-19(21)24(33)29-25-31-30-22(35-25)13-14-28-23(32)18-5-1-3-7-20(18)27/h1-12H,13-15H2,(H,28,32)(H,29,31,33). The molecule has 2 N–H and O–H groups in total. The van der Waals surface area contributed by atoms with E-state index in [2.05, 4.69) is 20.8 Å². The first-order valence-corrected chi connectivity index (χ1v) is 13.2. The van der Waals surface area contributed by atoms with E-state index in [1.165, 1.54) is 11.3 Å². The number of halogens is 2. The molecule has 1 aromatic heterocycles. The predicted molar refractivity (Wildman–Crippen MR) is 143 cm³/mol. The van der Waals surface area contributed by atoms with Gasteiger partial charge >= 0.3 is 0 Å².